The number of fused-ring (bicyclic) bond motifs is 5. The molecule has 4 nitrogen and oxygen atoms in total. The number of rotatable bonds is 1. The lowest BCUT2D eigenvalue weighted by Gasteiger charge is -2.48. The minimum absolute atomic E-state index is 0.127. The van der Waals surface area contributed by atoms with Gasteiger partial charge in [0, 0.05) is 15.7 Å². The Bertz CT molecular complexity index is 1610. The van der Waals surface area contributed by atoms with Crippen molar-refractivity contribution in [1.82, 2.24) is 0 Å². The third kappa shape index (κ3) is 2.46. The molecule has 7 rings (SSSR count). The summed E-state index contributed by atoms with van der Waals surface area (Å²) < 4.78 is 5.08. The van der Waals surface area contributed by atoms with E-state index < -0.39 is 0 Å². The van der Waals surface area contributed by atoms with Crippen molar-refractivity contribution < 1.29 is 14.0 Å². The van der Waals surface area contributed by atoms with E-state index in [2.05, 4.69) is 81.1 Å². The van der Waals surface area contributed by atoms with Crippen LogP contribution in [0.25, 0.3) is 6.08 Å². The quantitative estimate of drug-likeness (QED) is 0.210. The lowest BCUT2D eigenvalue weighted by atomic mass is 9.67. The predicted octanol–water partition coefficient (Wildman–Crippen LogP) is 7.55. The summed E-state index contributed by atoms with van der Waals surface area (Å²) in [6.45, 7) is 9.12. The van der Waals surface area contributed by atoms with Gasteiger partial charge < -0.3 is 9.32 Å². The summed E-state index contributed by atoms with van der Waals surface area (Å²) in [5.41, 5.74) is 8.09. The average Bonchev–Trinajstić information content (AvgIpc) is 3.54. The molecule has 3 aliphatic rings. The van der Waals surface area contributed by atoms with Crippen molar-refractivity contribution in [2.75, 3.05) is 4.90 Å². The molecular weight excluding hydrogens is 454 g/mol. The van der Waals surface area contributed by atoms with Crippen LogP contribution in [0.5, 0.6) is 0 Å². The highest BCUT2D eigenvalue weighted by Gasteiger charge is 2.46. The van der Waals surface area contributed by atoms with Crippen molar-refractivity contribution in [1.29, 1.82) is 0 Å². The molecule has 0 radical (unpaired) electrons. The molecule has 4 aromatic rings. The number of hydrogen-bond donors (Lipinski definition) is 0. The normalized spacial score (nSPS) is 18.2. The monoisotopic (exact) mass is 477 g/mol. The first-order chi connectivity index (χ1) is 16.7. The number of anilines is 3. The molecule has 0 spiro atoms. The van der Waals surface area contributed by atoms with E-state index in [0.717, 1.165) is 9.88 Å². The zero-order chi connectivity index (χ0) is 24.3. The van der Waals surface area contributed by atoms with Gasteiger partial charge in [0.15, 0.2) is 0 Å². The Morgan fingerprint density at radius 2 is 1.40 bits per heavy atom. The topological polar surface area (TPSA) is 50.5 Å². The van der Waals surface area contributed by atoms with Gasteiger partial charge in [0.05, 0.1) is 28.1 Å². The number of nitrogens with zero attached hydrogens (tertiary/aromatic N) is 1. The number of Topliss-reactive ketones (excluding diaryl/α,β-unsaturated/α-hetero) is 2. The second-order valence-electron chi connectivity index (χ2n) is 10.6. The third-order valence-corrected chi connectivity index (χ3v) is 9.03. The number of carbonyl (C=O) groups excluding carboxylic acids is 2. The van der Waals surface area contributed by atoms with Crippen LogP contribution in [0.2, 0.25) is 0 Å². The van der Waals surface area contributed by atoms with Crippen molar-refractivity contribution in [2.45, 2.75) is 38.5 Å². The molecule has 2 aromatic carbocycles. The first-order valence-corrected chi connectivity index (χ1v) is 12.6. The number of carbonyl (C=O) groups is 2. The van der Waals surface area contributed by atoms with Crippen LogP contribution in [0.4, 0.5) is 16.4 Å². The van der Waals surface area contributed by atoms with Crippen LogP contribution in [-0.4, -0.2) is 11.6 Å². The minimum Gasteiger partial charge on any atom is -0.471 e. The maximum absolute atomic E-state index is 12.9. The van der Waals surface area contributed by atoms with Gasteiger partial charge in [0.2, 0.25) is 11.6 Å². The molecule has 35 heavy (non-hydrogen) atoms. The molecule has 172 valence electrons. The van der Waals surface area contributed by atoms with Crippen molar-refractivity contribution in [2.24, 2.45) is 0 Å². The Kier molecular flexibility index (Phi) is 3.83. The number of para-hydroxylation sites is 2. The zero-order valence-corrected chi connectivity index (χ0v) is 20.7. The molecule has 0 N–H and O–H groups in total. The Labute approximate surface area is 207 Å². The highest BCUT2D eigenvalue weighted by atomic mass is 32.1. The Morgan fingerprint density at radius 1 is 0.800 bits per heavy atom. The number of benzene rings is 2. The van der Waals surface area contributed by atoms with E-state index in [1.807, 2.05) is 0 Å². The van der Waals surface area contributed by atoms with Crippen LogP contribution in [0.1, 0.15) is 75.5 Å². The summed E-state index contributed by atoms with van der Waals surface area (Å²) in [4.78, 5) is 29.0. The van der Waals surface area contributed by atoms with Crippen LogP contribution < -0.4 is 4.90 Å². The Morgan fingerprint density at radius 3 is 2.09 bits per heavy atom. The maximum Gasteiger partial charge on any atom is 0.201 e. The lowest BCUT2D eigenvalue weighted by molar-refractivity contribution is 0.0988. The summed E-state index contributed by atoms with van der Waals surface area (Å²) in [6, 6.07) is 17.4. The van der Waals surface area contributed by atoms with Crippen LogP contribution in [0.3, 0.4) is 0 Å². The minimum atomic E-state index is -0.264. The number of ketones is 2. The SMILES string of the molecule is CC1(C)c2ccccc2N2c3sc(C=C4C(=O)c5cocc5C4=O)cc3C(C)(C)c3cccc1c32. The van der Waals surface area contributed by atoms with E-state index in [4.69, 9.17) is 4.42 Å². The number of allylic oxidation sites excluding steroid dienone is 1. The molecule has 0 saturated heterocycles. The highest BCUT2D eigenvalue weighted by molar-refractivity contribution is 7.17. The smallest absolute Gasteiger partial charge is 0.201 e. The number of hydrogen-bond acceptors (Lipinski definition) is 5. The fourth-order valence-electron chi connectivity index (χ4n) is 6.01. The second-order valence-corrected chi connectivity index (χ2v) is 11.6. The first-order valence-electron chi connectivity index (χ1n) is 11.8. The van der Waals surface area contributed by atoms with Gasteiger partial charge in [-0.2, -0.15) is 0 Å². The van der Waals surface area contributed by atoms with Crippen LogP contribution in [-0.2, 0) is 10.8 Å². The van der Waals surface area contributed by atoms with E-state index in [9.17, 15) is 9.59 Å². The van der Waals surface area contributed by atoms with Gasteiger partial charge in [-0.25, -0.2) is 0 Å². The molecule has 0 bridgehead atoms. The maximum atomic E-state index is 12.9. The summed E-state index contributed by atoms with van der Waals surface area (Å²) in [5, 5.41) is 1.14. The highest BCUT2D eigenvalue weighted by Crippen LogP contribution is 2.61. The van der Waals surface area contributed by atoms with E-state index in [0.29, 0.717) is 11.1 Å². The van der Waals surface area contributed by atoms with Crippen LogP contribution >= 0.6 is 11.3 Å². The van der Waals surface area contributed by atoms with Crippen LogP contribution in [0.15, 0.2) is 71.0 Å². The van der Waals surface area contributed by atoms with E-state index >= 15 is 0 Å². The lowest BCUT2D eigenvalue weighted by Crippen LogP contribution is -2.37. The number of thiophene rings is 1. The fourth-order valence-corrected chi connectivity index (χ4v) is 7.29. The van der Waals surface area contributed by atoms with Crippen molar-refractivity contribution in [3.63, 3.8) is 0 Å². The molecule has 0 fully saturated rings. The Balaban J connectivity index is 1.47. The third-order valence-electron chi connectivity index (χ3n) is 7.96. The van der Waals surface area contributed by atoms with Gasteiger partial charge in [0.25, 0.3) is 0 Å². The van der Waals surface area contributed by atoms with Gasteiger partial charge >= 0.3 is 0 Å². The summed E-state index contributed by atoms with van der Waals surface area (Å²) >= 11 is 1.63. The zero-order valence-electron chi connectivity index (χ0n) is 19.9. The van der Waals surface area contributed by atoms with Crippen molar-refractivity contribution >= 4 is 45.4 Å². The fraction of sp³-hybridized carbons (Fsp3) is 0.200. The molecule has 2 aliphatic heterocycles. The van der Waals surface area contributed by atoms with Crippen molar-refractivity contribution in [3.05, 3.63) is 105 Å². The summed E-state index contributed by atoms with van der Waals surface area (Å²) in [5.74, 6) is -0.528. The average molecular weight is 478 g/mol. The molecule has 0 atom stereocenters. The van der Waals surface area contributed by atoms with Gasteiger partial charge in [-0.1, -0.05) is 64.1 Å². The molecule has 0 amide bonds. The molecule has 2 aromatic heterocycles. The van der Waals surface area contributed by atoms with Gasteiger partial charge in [-0.3, -0.25) is 9.59 Å². The molecule has 4 heterocycles. The largest absolute Gasteiger partial charge is 0.471 e. The van der Waals surface area contributed by atoms with Crippen molar-refractivity contribution in [3.8, 4) is 0 Å². The molecule has 1 aliphatic carbocycles. The van der Waals surface area contributed by atoms with E-state index in [1.165, 1.54) is 46.2 Å². The van der Waals surface area contributed by atoms with Gasteiger partial charge in [0.1, 0.15) is 17.5 Å². The van der Waals surface area contributed by atoms with E-state index in [-0.39, 0.29) is 28.0 Å². The molecule has 5 heteroatoms. The van der Waals surface area contributed by atoms with Crippen LogP contribution in [0, 0.1) is 0 Å². The number of furan rings is 1. The summed E-state index contributed by atoms with van der Waals surface area (Å²) in [6.07, 6.45) is 4.49. The Hall–Kier alpha value is -3.70. The van der Waals surface area contributed by atoms with Gasteiger partial charge in [-0.15, -0.1) is 11.3 Å². The predicted molar refractivity (Wildman–Crippen MR) is 139 cm³/mol. The standard InChI is InChI=1S/C30H23NO3S/c1-29(2)20-8-5-6-11-24(20)31-25-21(29)9-7-10-22(25)30(3,4)23-13-16(35-28(23)31)12-17-26(32)18-14-34-15-19(18)27(17)33/h5-15H,1-4H3. The molecule has 0 saturated carbocycles. The molecular formula is C30H23NO3S. The summed E-state index contributed by atoms with van der Waals surface area (Å²) in [7, 11) is 0. The first kappa shape index (κ1) is 20.7. The second kappa shape index (κ2) is 6.49. The van der Waals surface area contributed by atoms with Gasteiger partial charge in [-0.05, 0) is 40.5 Å². The van der Waals surface area contributed by atoms with E-state index in [1.54, 1.807) is 17.4 Å². The molecule has 0 unspecified atom stereocenters.